The van der Waals surface area contributed by atoms with Crippen LogP contribution in [0.1, 0.15) is 5.56 Å². The third-order valence-electron chi connectivity index (χ3n) is 4.43. The number of carbonyl (C=O) groups is 2. The number of hydrogen-bond donors (Lipinski definition) is 2. The van der Waals surface area contributed by atoms with Crippen LogP contribution in [0.5, 0.6) is 5.75 Å². The number of fused-ring (bicyclic) bond motifs is 1. The Kier molecular flexibility index (Phi) is 4.31. The highest BCUT2D eigenvalue weighted by Gasteiger charge is 2.25. The zero-order chi connectivity index (χ0) is 17.9. The quantitative estimate of drug-likeness (QED) is 0.867. The molecule has 2 amide bonds. The van der Waals surface area contributed by atoms with Crippen LogP contribution in [-0.4, -0.2) is 31.5 Å². The van der Waals surface area contributed by atoms with E-state index in [2.05, 4.69) is 22.8 Å². The minimum Gasteiger partial charge on any atom is -0.481 e. The number of carbonyl (C=O) groups excluding carboxylic acids is 2. The summed E-state index contributed by atoms with van der Waals surface area (Å²) < 4.78 is 5.61. The molecule has 2 N–H and O–H groups in total. The number of anilines is 2. The van der Waals surface area contributed by atoms with Gasteiger partial charge < -0.3 is 20.3 Å². The summed E-state index contributed by atoms with van der Waals surface area (Å²) >= 11 is 0. The van der Waals surface area contributed by atoms with Gasteiger partial charge in [-0.25, -0.2) is 0 Å². The van der Waals surface area contributed by atoms with Crippen LogP contribution in [0, 0.1) is 0 Å². The van der Waals surface area contributed by atoms with E-state index in [9.17, 15) is 9.59 Å². The van der Waals surface area contributed by atoms with Gasteiger partial charge in [0.1, 0.15) is 5.75 Å². The van der Waals surface area contributed by atoms with Gasteiger partial charge in [0.2, 0.25) is 5.91 Å². The molecule has 0 radical (unpaired) electrons. The van der Waals surface area contributed by atoms with Crippen molar-refractivity contribution in [3.63, 3.8) is 0 Å². The minimum atomic E-state index is -0.0978. The number of nitrogens with zero attached hydrogens (tertiary/aromatic N) is 1. The molecule has 0 spiro atoms. The maximum atomic E-state index is 12.3. The first-order valence-corrected chi connectivity index (χ1v) is 8.55. The Morgan fingerprint density at radius 2 is 1.96 bits per heavy atom. The normalized spacial score (nSPS) is 15.8. The molecule has 0 aromatic heterocycles. The predicted molar refractivity (Wildman–Crippen MR) is 99.2 cm³/mol. The van der Waals surface area contributed by atoms with Gasteiger partial charge in [-0.2, -0.15) is 0 Å². The molecule has 0 saturated carbocycles. The highest BCUT2D eigenvalue weighted by Crippen LogP contribution is 2.35. The molecule has 132 valence electrons. The largest absolute Gasteiger partial charge is 0.481 e. The molecule has 0 atom stereocenters. The second kappa shape index (κ2) is 6.92. The number of ether oxygens (including phenoxy) is 1. The molecule has 2 aromatic rings. The van der Waals surface area contributed by atoms with E-state index in [1.54, 1.807) is 4.90 Å². The third kappa shape index (κ3) is 3.39. The summed E-state index contributed by atoms with van der Waals surface area (Å²) in [4.78, 5) is 25.3. The van der Waals surface area contributed by atoms with Gasteiger partial charge in [0.15, 0.2) is 6.61 Å². The smallest absolute Gasteiger partial charge is 0.265 e. The maximum Gasteiger partial charge on any atom is 0.265 e. The van der Waals surface area contributed by atoms with Crippen molar-refractivity contribution in [2.75, 3.05) is 29.9 Å². The fourth-order valence-electron chi connectivity index (χ4n) is 3.12. The van der Waals surface area contributed by atoms with Crippen LogP contribution < -0.4 is 20.3 Å². The highest BCUT2D eigenvalue weighted by atomic mass is 16.5. The average molecular weight is 349 g/mol. The van der Waals surface area contributed by atoms with E-state index in [1.807, 2.05) is 36.4 Å². The van der Waals surface area contributed by atoms with Gasteiger partial charge in [0, 0.05) is 30.1 Å². The van der Waals surface area contributed by atoms with E-state index in [0.29, 0.717) is 18.8 Å². The lowest BCUT2D eigenvalue weighted by Gasteiger charge is -2.30. The molecule has 0 saturated heterocycles. The van der Waals surface area contributed by atoms with E-state index in [4.69, 9.17) is 4.74 Å². The minimum absolute atomic E-state index is 0.0357. The van der Waals surface area contributed by atoms with Gasteiger partial charge in [-0.15, -0.1) is 0 Å². The lowest BCUT2D eigenvalue weighted by molar-refractivity contribution is -0.121. The SMILES string of the molecule is O=C1C=C(Nc2ccc3c(c2)OCC(=O)N3CCc2ccccc2)CN1. The van der Waals surface area contributed by atoms with E-state index in [-0.39, 0.29) is 18.4 Å². The summed E-state index contributed by atoms with van der Waals surface area (Å²) in [6, 6.07) is 15.7. The summed E-state index contributed by atoms with van der Waals surface area (Å²) in [5.74, 6) is 0.530. The molecule has 2 aromatic carbocycles. The molecule has 6 nitrogen and oxygen atoms in total. The third-order valence-corrected chi connectivity index (χ3v) is 4.43. The summed E-state index contributed by atoms with van der Waals surface area (Å²) in [6.07, 6.45) is 2.32. The lowest BCUT2D eigenvalue weighted by Crippen LogP contribution is -2.40. The zero-order valence-electron chi connectivity index (χ0n) is 14.2. The number of benzene rings is 2. The highest BCUT2D eigenvalue weighted by molar-refractivity contribution is 5.98. The summed E-state index contributed by atoms with van der Waals surface area (Å²) in [5, 5.41) is 5.92. The standard InChI is InChI=1S/C20H19N3O3/c24-19-11-16(12-21-19)22-15-6-7-17-18(10-15)26-13-20(25)23(17)9-8-14-4-2-1-3-5-14/h1-7,10-11,22H,8-9,12-13H2,(H,21,24). The number of rotatable bonds is 5. The van der Waals surface area contributed by atoms with Gasteiger partial charge in [0.25, 0.3) is 5.91 Å². The molecule has 0 bridgehead atoms. The molecule has 4 rings (SSSR count). The fraction of sp³-hybridized carbons (Fsp3) is 0.200. The first-order chi connectivity index (χ1) is 12.7. The lowest BCUT2D eigenvalue weighted by atomic mass is 10.1. The second-order valence-corrected chi connectivity index (χ2v) is 6.26. The molecule has 26 heavy (non-hydrogen) atoms. The van der Waals surface area contributed by atoms with Crippen LogP contribution in [0.15, 0.2) is 60.3 Å². The molecular weight excluding hydrogens is 330 g/mol. The van der Waals surface area contributed by atoms with Crippen molar-refractivity contribution in [1.82, 2.24) is 5.32 Å². The molecule has 2 heterocycles. The number of amides is 2. The van der Waals surface area contributed by atoms with Crippen LogP contribution in [-0.2, 0) is 16.0 Å². The Balaban J connectivity index is 1.51. The summed E-state index contributed by atoms with van der Waals surface area (Å²) in [5.41, 5.74) is 3.60. The van der Waals surface area contributed by atoms with Gasteiger partial charge in [0.05, 0.1) is 12.2 Å². The molecule has 0 fully saturated rings. The molecule has 6 heteroatoms. The van der Waals surface area contributed by atoms with Crippen molar-refractivity contribution < 1.29 is 14.3 Å². The number of nitrogens with one attached hydrogen (secondary N) is 2. The zero-order valence-corrected chi connectivity index (χ0v) is 14.2. The summed E-state index contributed by atoms with van der Waals surface area (Å²) in [6.45, 7) is 1.13. The van der Waals surface area contributed by atoms with Crippen LogP contribution in [0.25, 0.3) is 0 Å². The summed E-state index contributed by atoms with van der Waals surface area (Å²) in [7, 11) is 0. The van der Waals surface area contributed by atoms with Crippen molar-refractivity contribution in [3.05, 3.63) is 65.9 Å². The monoisotopic (exact) mass is 349 g/mol. The Labute approximate surface area is 151 Å². The molecule has 2 aliphatic rings. The van der Waals surface area contributed by atoms with Crippen molar-refractivity contribution in [3.8, 4) is 5.75 Å². The van der Waals surface area contributed by atoms with Crippen LogP contribution in [0.3, 0.4) is 0 Å². The first kappa shape index (κ1) is 16.2. The predicted octanol–water partition coefficient (Wildman–Crippen LogP) is 2.08. The van der Waals surface area contributed by atoms with Crippen molar-refractivity contribution in [1.29, 1.82) is 0 Å². The Morgan fingerprint density at radius 1 is 1.12 bits per heavy atom. The molecular formula is C20H19N3O3. The van der Waals surface area contributed by atoms with Gasteiger partial charge in [-0.3, -0.25) is 9.59 Å². The van der Waals surface area contributed by atoms with Crippen LogP contribution >= 0.6 is 0 Å². The maximum absolute atomic E-state index is 12.3. The Morgan fingerprint density at radius 3 is 2.73 bits per heavy atom. The van der Waals surface area contributed by atoms with Crippen molar-refractivity contribution >= 4 is 23.2 Å². The van der Waals surface area contributed by atoms with Gasteiger partial charge in [-0.05, 0) is 24.1 Å². The van der Waals surface area contributed by atoms with Crippen LogP contribution in [0.4, 0.5) is 11.4 Å². The second-order valence-electron chi connectivity index (χ2n) is 6.26. The topological polar surface area (TPSA) is 70.7 Å². The van der Waals surface area contributed by atoms with Crippen LogP contribution in [0.2, 0.25) is 0 Å². The average Bonchev–Trinajstić information content (AvgIpc) is 3.06. The van der Waals surface area contributed by atoms with Gasteiger partial charge in [-0.1, -0.05) is 30.3 Å². The fourth-order valence-corrected chi connectivity index (χ4v) is 3.12. The van der Waals surface area contributed by atoms with Gasteiger partial charge >= 0.3 is 0 Å². The number of hydrogen-bond acceptors (Lipinski definition) is 4. The van der Waals surface area contributed by atoms with Crippen molar-refractivity contribution in [2.24, 2.45) is 0 Å². The van der Waals surface area contributed by atoms with E-state index < -0.39 is 0 Å². The molecule has 2 aliphatic heterocycles. The Hall–Kier alpha value is -3.28. The van der Waals surface area contributed by atoms with E-state index >= 15 is 0 Å². The molecule has 0 aliphatic carbocycles. The molecule has 0 unspecified atom stereocenters. The first-order valence-electron chi connectivity index (χ1n) is 8.55. The van der Waals surface area contributed by atoms with Crippen molar-refractivity contribution in [2.45, 2.75) is 6.42 Å². The van der Waals surface area contributed by atoms with E-state index in [1.165, 1.54) is 11.6 Å². The Bertz CT molecular complexity index is 877. The van der Waals surface area contributed by atoms with E-state index in [0.717, 1.165) is 23.5 Å².